The van der Waals surface area contributed by atoms with Crippen molar-refractivity contribution in [2.45, 2.75) is 25.3 Å². The number of benzene rings is 3. The second-order valence-electron chi connectivity index (χ2n) is 8.27. The number of alkyl halides is 2. The summed E-state index contributed by atoms with van der Waals surface area (Å²) in [6, 6.07) is 26.4. The van der Waals surface area contributed by atoms with Gasteiger partial charge in [-0.05, 0) is 69.6 Å². The SMILES string of the molecule is CN(C)C(C)(Cc1nc(-c2ccc(Oc3ccccc3)cc2)nn1-c1ccccc1)C(F)F. The molecule has 0 aliphatic rings. The molecule has 3 aromatic carbocycles. The monoisotopic (exact) mass is 448 g/mol. The summed E-state index contributed by atoms with van der Waals surface area (Å²) in [6.07, 6.45) is -2.51. The van der Waals surface area contributed by atoms with Crippen molar-refractivity contribution in [3.05, 3.63) is 90.8 Å². The Kier molecular flexibility index (Phi) is 6.51. The van der Waals surface area contributed by atoms with E-state index in [0.717, 1.165) is 17.0 Å². The number of halogens is 2. The highest BCUT2D eigenvalue weighted by Gasteiger charge is 2.39. The molecule has 4 rings (SSSR count). The Hall–Kier alpha value is -3.58. The lowest BCUT2D eigenvalue weighted by Crippen LogP contribution is -2.50. The molecule has 0 spiro atoms. The van der Waals surface area contributed by atoms with Gasteiger partial charge in [-0.25, -0.2) is 18.4 Å². The Morgan fingerprint density at radius 1 is 0.879 bits per heavy atom. The first-order valence-electron chi connectivity index (χ1n) is 10.7. The summed E-state index contributed by atoms with van der Waals surface area (Å²) in [7, 11) is 3.31. The number of ether oxygens (including phenoxy) is 1. The summed E-state index contributed by atoms with van der Waals surface area (Å²) >= 11 is 0. The van der Waals surface area contributed by atoms with Crippen LogP contribution in [-0.4, -0.2) is 45.7 Å². The van der Waals surface area contributed by atoms with Crippen LogP contribution in [0.15, 0.2) is 84.9 Å². The zero-order valence-corrected chi connectivity index (χ0v) is 18.8. The fourth-order valence-electron chi connectivity index (χ4n) is 3.40. The molecule has 33 heavy (non-hydrogen) atoms. The van der Waals surface area contributed by atoms with Crippen molar-refractivity contribution in [3.63, 3.8) is 0 Å². The number of likely N-dealkylation sites (N-methyl/N-ethyl adjacent to an activating group) is 1. The first kappa shape index (κ1) is 22.6. The highest BCUT2D eigenvalue weighted by molar-refractivity contribution is 5.57. The van der Waals surface area contributed by atoms with Gasteiger partial charge in [-0.3, -0.25) is 4.90 Å². The van der Waals surface area contributed by atoms with Crippen molar-refractivity contribution in [1.82, 2.24) is 19.7 Å². The lowest BCUT2D eigenvalue weighted by molar-refractivity contribution is -0.0211. The Morgan fingerprint density at radius 3 is 2.03 bits per heavy atom. The number of hydrogen-bond acceptors (Lipinski definition) is 4. The van der Waals surface area contributed by atoms with E-state index >= 15 is 0 Å². The van der Waals surface area contributed by atoms with E-state index < -0.39 is 12.0 Å². The van der Waals surface area contributed by atoms with Gasteiger partial charge in [-0.15, -0.1) is 5.10 Å². The largest absolute Gasteiger partial charge is 0.457 e. The van der Waals surface area contributed by atoms with Gasteiger partial charge >= 0.3 is 0 Å². The van der Waals surface area contributed by atoms with Crippen LogP contribution in [0.4, 0.5) is 8.78 Å². The topological polar surface area (TPSA) is 43.2 Å². The Labute approximate surface area is 192 Å². The summed E-state index contributed by atoms with van der Waals surface area (Å²) in [6.45, 7) is 1.54. The van der Waals surface area contributed by atoms with Crippen LogP contribution in [0.2, 0.25) is 0 Å². The van der Waals surface area contributed by atoms with Crippen molar-refractivity contribution >= 4 is 0 Å². The van der Waals surface area contributed by atoms with Crippen molar-refractivity contribution in [2.24, 2.45) is 0 Å². The second kappa shape index (κ2) is 9.50. The summed E-state index contributed by atoms with van der Waals surface area (Å²) in [5, 5.41) is 4.67. The molecule has 4 aromatic rings. The molecule has 0 saturated carbocycles. The standard InChI is InChI=1S/C26H26F2N4O/c1-26(25(27)28,31(2)3)18-23-29-24(30-32(23)20-10-6-4-7-11-20)19-14-16-22(17-15-19)33-21-12-8-5-9-13-21/h4-17,25H,18H2,1-3H3. The number of para-hydroxylation sites is 2. The van der Waals surface area contributed by atoms with Crippen LogP contribution in [0.3, 0.4) is 0 Å². The van der Waals surface area contributed by atoms with E-state index in [1.165, 1.54) is 11.8 Å². The second-order valence-corrected chi connectivity index (χ2v) is 8.27. The van der Waals surface area contributed by atoms with Crippen LogP contribution >= 0.6 is 0 Å². The predicted octanol–water partition coefficient (Wildman–Crippen LogP) is 5.85. The fraction of sp³-hybridized carbons (Fsp3) is 0.231. The molecule has 7 heteroatoms. The van der Waals surface area contributed by atoms with Gasteiger partial charge < -0.3 is 4.74 Å². The number of hydrogen-bond donors (Lipinski definition) is 0. The van der Waals surface area contributed by atoms with Gasteiger partial charge in [-0.2, -0.15) is 0 Å². The Balaban J connectivity index is 1.68. The maximum absolute atomic E-state index is 14.0. The average Bonchev–Trinajstić information content (AvgIpc) is 3.24. The molecule has 1 aromatic heterocycles. The van der Waals surface area contributed by atoms with Crippen molar-refractivity contribution in [1.29, 1.82) is 0 Å². The lowest BCUT2D eigenvalue weighted by Gasteiger charge is -2.35. The van der Waals surface area contributed by atoms with E-state index in [1.807, 2.05) is 84.9 Å². The Morgan fingerprint density at radius 2 is 1.45 bits per heavy atom. The molecule has 0 saturated heterocycles. The summed E-state index contributed by atoms with van der Waals surface area (Å²) in [5.74, 6) is 2.37. The molecule has 1 unspecified atom stereocenters. The van der Waals surface area contributed by atoms with Gasteiger partial charge in [0.2, 0.25) is 0 Å². The van der Waals surface area contributed by atoms with Crippen LogP contribution in [0, 0.1) is 0 Å². The molecule has 170 valence electrons. The third kappa shape index (κ3) is 4.93. The zero-order chi connectivity index (χ0) is 23.4. The molecule has 1 atom stereocenters. The van der Waals surface area contributed by atoms with Crippen molar-refractivity contribution in [3.8, 4) is 28.6 Å². The maximum Gasteiger partial charge on any atom is 0.256 e. The van der Waals surface area contributed by atoms with E-state index in [4.69, 9.17) is 4.74 Å². The van der Waals surface area contributed by atoms with Gasteiger partial charge in [0.1, 0.15) is 17.3 Å². The lowest BCUT2D eigenvalue weighted by atomic mass is 9.96. The minimum absolute atomic E-state index is 0.0365. The van der Waals surface area contributed by atoms with Crippen LogP contribution in [0.25, 0.3) is 17.1 Å². The van der Waals surface area contributed by atoms with Crippen molar-refractivity contribution in [2.75, 3.05) is 14.1 Å². The number of rotatable bonds is 8. The molecule has 0 fully saturated rings. The van der Waals surface area contributed by atoms with Crippen LogP contribution in [0.5, 0.6) is 11.5 Å². The maximum atomic E-state index is 14.0. The van der Waals surface area contributed by atoms with Gasteiger partial charge in [0.05, 0.1) is 11.2 Å². The summed E-state index contributed by atoms with van der Waals surface area (Å²) < 4.78 is 35.5. The normalized spacial score (nSPS) is 13.3. The molecule has 0 radical (unpaired) electrons. The average molecular weight is 449 g/mol. The highest BCUT2D eigenvalue weighted by atomic mass is 19.3. The van der Waals surface area contributed by atoms with Crippen LogP contribution in [-0.2, 0) is 6.42 Å². The van der Waals surface area contributed by atoms with Crippen LogP contribution in [0.1, 0.15) is 12.7 Å². The van der Waals surface area contributed by atoms with E-state index in [0.29, 0.717) is 17.4 Å². The summed E-state index contributed by atoms with van der Waals surface area (Å²) in [5.41, 5.74) is 0.158. The molecule has 1 heterocycles. The molecular formula is C26H26F2N4O. The molecule has 0 aliphatic heterocycles. The first-order chi connectivity index (χ1) is 15.9. The van der Waals surface area contributed by atoms with Gasteiger partial charge in [0.15, 0.2) is 5.82 Å². The number of aromatic nitrogens is 3. The quantitative estimate of drug-likeness (QED) is 0.339. The first-order valence-corrected chi connectivity index (χ1v) is 10.7. The van der Waals surface area contributed by atoms with Gasteiger partial charge in [0.25, 0.3) is 6.43 Å². The molecule has 5 nitrogen and oxygen atoms in total. The summed E-state index contributed by atoms with van der Waals surface area (Å²) in [4.78, 5) is 6.21. The van der Waals surface area contributed by atoms with Gasteiger partial charge in [0, 0.05) is 12.0 Å². The smallest absolute Gasteiger partial charge is 0.256 e. The molecular weight excluding hydrogens is 422 g/mol. The number of nitrogens with zero attached hydrogens (tertiary/aromatic N) is 4. The van der Waals surface area contributed by atoms with Crippen molar-refractivity contribution < 1.29 is 13.5 Å². The minimum atomic E-state index is -2.55. The van der Waals surface area contributed by atoms with E-state index in [-0.39, 0.29) is 6.42 Å². The highest BCUT2D eigenvalue weighted by Crippen LogP contribution is 2.29. The zero-order valence-electron chi connectivity index (χ0n) is 18.8. The molecule has 0 amide bonds. The van der Waals surface area contributed by atoms with Gasteiger partial charge in [-0.1, -0.05) is 36.4 Å². The minimum Gasteiger partial charge on any atom is -0.457 e. The molecule has 0 N–H and O–H groups in total. The van der Waals surface area contributed by atoms with E-state index in [2.05, 4.69) is 10.1 Å². The Bertz CT molecular complexity index is 1170. The molecule has 0 bridgehead atoms. The van der Waals surface area contributed by atoms with E-state index in [9.17, 15) is 8.78 Å². The third-order valence-corrected chi connectivity index (χ3v) is 5.77. The predicted molar refractivity (Wildman–Crippen MR) is 125 cm³/mol. The third-order valence-electron chi connectivity index (χ3n) is 5.77. The molecule has 0 aliphatic carbocycles. The fourth-order valence-corrected chi connectivity index (χ4v) is 3.40. The van der Waals surface area contributed by atoms with Crippen LogP contribution < -0.4 is 4.74 Å². The van der Waals surface area contributed by atoms with E-state index in [1.54, 1.807) is 18.8 Å².